The molecule has 2 N–H and O–H groups in total. The number of nitrogens with one attached hydrogen (secondary N) is 2. The number of halogens is 1. The minimum atomic E-state index is -0.378. The van der Waals surface area contributed by atoms with E-state index in [4.69, 9.17) is 0 Å². The third-order valence-electron chi connectivity index (χ3n) is 4.98. The minimum absolute atomic E-state index is 0.0248. The summed E-state index contributed by atoms with van der Waals surface area (Å²) >= 11 is 0. The molecule has 1 fully saturated rings. The van der Waals surface area contributed by atoms with Crippen molar-refractivity contribution in [3.05, 3.63) is 59.9 Å². The number of hydrogen-bond donors (Lipinski definition) is 2. The molecule has 29 heavy (non-hydrogen) atoms. The van der Waals surface area contributed by atoms with Crippen molar-refractivity contribution in [2.24, 2.45) is 0 Å². The van der Waals surface area contributed by atoms with Gasteiger partial charge >= 0.3 is 0 Å². The smallest absolute Gasteiger partial charge is 0.238 e. The predicted octanol–water partition coefficient (Wildman–Crippen LogP) is 2.58. The summed E-state index contributed by atoms with van der Waals surface area (Å²) in [6.45, 7) is 5.49. The molecular weight excluding hydrogens is 371 g/mol. The zero-order chi connectivity index (χ0) is 20.6. The van der Waals surface area contributed by atoms with Gasteiger partial charge in [0.25, 0.3) is 0 Å². The van der Waals surface area contributed by atoms with E-state index in [2.05, 4.69) is 22.5 Å². The third kappa shape index (κ3) is 6.37. The van der Waals surface area contributed by atoms with Gasteiger partial charge in [0.1, 0.15) is 5.82 Å². The Morgan fingerprint density at radius 3 is 2.14 bits per heavy atom. The van der Waals surface area contributed by atoms with Crippen LogP contribution < -0.4 is 10.6 Å². The molecule has 0 aliphatic carbocycles. The predicted molar refractivity (Wildman–Crippen MR) is 112 cm³/mol. The van der Waals surface area contributed by atoms with E-state index in [-0.39, 0.29) is 24.2 Å². The van der Waals surface area contributed by atoms with Crippen LogP contribution in [0.25, 0.3) is 0 Å². The average molecular weight is 398 g/mol. The van der Waals surface area contributed by atoms with Crippen molar-refractivity contribution >= 4 is 23.2 Å². The highest BCUT2D eigenvalue weighted by Gasteiger charge is 2.21. The van der Waals surface area contributed by atoms with Gasteiger partial charge < -0.3 is 10.6 Å². The van der Waals surface area contributed by atoms with Crippen LogP contribution in [0.15, 0.2) is 48.5 Å². The summed E-state index contributed by atoms with van der Waals surface area (Å²) in [5, 5.41) is 5.71. The first-order valence-corrected chi connectivity index (χ1v) is 9.91. The molecule has 154 valence electrons. The monoisotopic (exact) mass is 398 g/mol. The molecule has 0 radical (unpaired) electrons. The second kappa shape index (κ2) is 10.1. The maximum absolute atomic E-state index is 13.2. The van der Waals surface area contributed by atoms with Crippen LogP contribution in [0, 0.1) is 5.82 Å². The summed E-state index contributed by atoms with van der Waals surface area (Å²) in [5.41, 5.74) is 2.44. The molecule has 3 rings (SSSR count). The molecule has 7 heteroatoms. The van der Waals surface area contributed by atoms with Crippen molar-refractivity contribution in [3.8, 4) is 0 Å². The molecular formula is C22H27FN4O2. The largest absolute Gasteiger partial charge is 0.325 e. The summed E-state index contributed by atoms with van der Waals surface area (Å²) < 4.78 is 13.2. The SMILES string of the molecule is CCc1ccccc1NC(=O)CN1CCN(CC(=O)Nc2cccc(F)c2)CC1. The first kappa shape index (κ1) is 21.0. The van der Waals surface area contributed by atoms with E-state index in [1.807, 2.05) is 29.2 Å². The second-order valence-electron chi connectivity index (χ2n) is 7.17. The van der Waals surface area contributed by atoms with Gasteiger partial charge in [-0.15, -0.1) is 0 Å². The van der Waals surface area contributed by atoms with Crippen LogP contribution in [-0.4, -0.2) is 60.9 Å². The van der Waals surface area contributed by atoms with E-state index in [1.165, 1.54) is 12.1 Å². The van der Waals surface area contributed by atoms with Gasteiger partial charge in [0.15, 0.2) is 0 Å². The maximum atomic E-state index is 13.2. The lowest BCUT2D eigenvalue weighted by Crippen LogP contribution is -2.50. The van der Waals surface area contributed by atoms with Crippen LogP contribution in [0.1, 0.15) is 12.5 Å². The van der Waals surface area contributed by atoms with E-state index in [1.54, 1.807) is 12.1 Å². The fraction of sp³-hybridized carbons (Fsp3) is 0.364. The van der Waals surface area contributed by atoms with Gasteiger partial charge in [0.2, 0.25) is 11.8 Å². The number of para-hydroxylation sites is 1. The topological polar surface area (TPSA) is 64.7 Å². The van der Waals surface area contributed by atoms with E-state index < -0.39 is 0 Å². The van der Waals surface area contributed by atoms with E-state index in [0.29, 0.717) is 25.3 Å². The van der Waals surface area contributed by atoms with Gasteiger partial charge in [-0.25, -0.2) is 4.39 Å². The molecule has 1 saturated heterocycles. The number of hydrogen-bond acceptors (Lipinski definition) is 4. The molecule has 0 atom stereocenters. The van der Waals surface area contributed by atoms with Crippen LogP contribution in [0.2, 0.25) is 0 Å². The maximum Gasteiger partial charge on any atom is 0.238 e. The fourth-order valence-corrected chi connectivity index (χ4v) is 3.42. The number of aryl methyl sites for hydroxylation is 1. The Labute approximate surface area is 170 Å². The zero-order valence-corrected chi connectivity index (χ0v) is 16.7. The number of benzene rings is 2. The summed E-state index contributed by atoms with van der Waals surface area (Å²) in [7, 11) is 0. The van der Waals surface area contributed by atoms with Crippen molar-refractivity contribution in [3.63, 3.8) is 0 Å². The van der Waals surface area contributed by atoms with Crippen LogP contribution in [-0.2, 0) is 16.0 Å². The summed E-state index contributed by atoms with van der Waals surface area (Å²) in [4.78, 5) is 28.7. The Kier molecular flexibility index (Phi) is 7.32. The first-order valence-electron chi connectivity index (χ1n) is 9.91. The molecule has 1 heterocycles. The molecule has 2 aromatic carbocycles. The van der Waals surface area contributed by atoms with Gasteiger partial charge in [-0.3, -0.25) is 19.4 Å². The van der Waals surface area contributed by atoms with Gasteiger partial charge in [-0.05, 0) is 36.2 Å². The van der Waals surface area contributed by atoms with E-state index in [0.717, 1.165) is 30.8 Å². The number of piperazine rings is 1. The van der Waals surface area contributed by atoms with Crippen LogP contribution >= 0.6 is 0 Å². The molecule has 2 aromatic rings. The molecule has 0 saturated carbocycles. The quantitative estimate of drug-likeness (QED) is 0.753. The van der Waals surface area contributed by atoms with E-state index >= 15 is 0 Å². The number of carbonyl (C=O) groups excluding carboxylic acids is 2. The molecule has 1 aliphatic heterocycles. The Bertz CT molecular complexity index is 850. The standard InChI is InChI=1S/C22H27FN4O2/c1-2-17-6-3-4-9-20(17)25-22(29)16-27-12-10-26(11-13-27)15-21(28)24-19-8-5-7-18(23)14-19/h3-9,14H,2,10-13,15-16H2,1H3,(H,24,28)(H,25,29). The minimum Gasteiger partial charge on any atom is -0.325 e. The summed E-state index contributed by atoms with van der Waals surface area (Å²) in [6, 6.07) is 13.7. The third-order valence-corrected chi connectivity index (χ3v) is 4.98. The second-order valence-corrected chi connectivity index (χ2v) is 7.17. The van der Waals surface area contributed by atoms with Crippen molar-refractivity contribution < 1.29 is 14.0 Å². The van der Waals surface area contributed by atoms with Crippen molar-refractivity contribution in [2.75, 3.05) is 49.9 Å². The lowest BCUT2D eigenvalue weighted by molar-refractivity contribution is -0.120. The lowest BCUT2D eigenvalue weighted by atomic mass is 10.1. The first-order chi connectivity index (χ1) is 14.0. The number of rotatable bonds is 7. The number of carbonyl (C=O) groups is 2. The molecule has 6 nitrogen and oxygen atoms in total. The van der Waals surface area contributed by atoms with Gasteiger partial charge in [-0.2, -0.15) is 0 Å². The normalized spacial score (nSPS) is 15.1. The fourth-order valence-electron chi connectivity index (χ4n) is 3.42. The highest BCUT2D eigenvalue weighted by Crippen LogP contribution is 2.15. The molecule has 0 bridgehead atoms. The average Bonchev–Trinajstić information content (AvgIpc) is 2.70. The van der Waals surface area contributed by atoms with Crippen molar-refractivity contribution in [2.45, 2.75) is 13.3 Å². The van der Waals surface area contributed by atoms with Crippen LogP contribution in [0.4, 0.5) is 15.8 Å². The number of anilines is 2. The Morgan fingerprint density at radius 2 is 1.52 bits per heavy atom. The number of nitrogens with zero attached hydrogens (tertiary/aromatic N) is 2. The Morgan fingerprint density at radius 1 is 0.897 bits per heavy atom. The van der Waals surface area contributed by atoms with Crippen molar-refractivity contribution in [1.82, 2.24) is 9.80 Å². The van der Waals surface area contributed by atoms with Crippen molar-refractivity contribution in [1.29, 1.82) is 0 Å². The van der Waals surface area contributed by atoms with Gasteiger partial charge in [-0.1, -0.05) is 31.2 Å². The zero-order valence-electron chi connectivity index (χ0n) is 16.7. The highest BCUT2D eigenvalue weighted by molar-refractivity contribution is 5.93. The Balaban J connectivity index is 1.41. The molecule has 1 aliphatic rings. The Hall–Kier alpha value is -2.77. The van der Waals surface area contributed by atoms with Crippen LogP contribution in [0.5, 0.6) is 0 Å². The molecule has 0 spiro atoms. The highest BCUT2D eigenvalue weighted by atomic mass is 19.1. The number of amides is 2. The van der Waals surface area contributed by atoms with Gasteiger partial charge in [0, 0.05) is 37.6 Å². The molecule has 0 unspecified atom stereocenters. The molecule has 2 amide bonds. The molecule has 0 aromatic heterocycles. The van der Waals surface area contributed by atoms with E-state index in [9.17, 15) is 14.0 Å². The lowest BCUT2D eigenvalue weighted by Gasteiger charge is -2.33. The summed E-state index contributed by atoms with van der Waals surface area (Å²) in [6.07, 6.45) is 0.868. The van der Waals surface area contributed by atoms with Crippen LogP contribution in [0.3, 0.4) is 0 Å². The summed E-state index contributed by atoms with van der Waals surface area (Å²) in [5.74, 6) is -0.572. The van der Waals surface area contributed by atoms with Gasteiger partial charge in [0.05, 0.1) is 13.1 Å².